The van der Waals surface area contributed by atoms with Gasteiger partial charge in [0, 0.05) is 18.1 Å². The Kier molecular flexibility index (Phi) is 6.99. The normalized spacial score (nSPS) is 11.8. The summed E-state index contributed by atoms with van der Waals surface area (Å²) in [5.74, 6) is -0.890. The van der Waals surface area contributed by atoms with Crippen molar-refractivity contribution in [3.05, 3.63) is 65.5 Å². The van der Waals surface area contributed by atoms with Crippen LogP contribution >= 0.6 is 43.5 Å². The van der Waals surface area contributed by atoms with Crippen LogP contribution in [0, 0.1) is 10.1 Å². The van der Waals surface area contributed by atoms with Crippen LogP contribution in [0.1, 0.15) is 11.1 Å². The molecule has 0 radical (unpaired) electrons. The molecule has 138 valence electrons. The first-order valence-electron chi connectivity index (χ1n) is 7.14. The van der Waals surface area contributed by atoms with E-state index < -0.39 is 17.0 Å². The van der Waals surface area contributed by atoms with Gasteiger partial charge in [-0.2, -0.15) is 0 Å². The quantitative estimate of drug-likeness (QED) is 0.425. The van der Waals surface area contributed by atoms with Crippen LogP contribution in [0.4, 0.5) is 5.69 Å². The lowest BCUT2D eigenvalue weighted by atomic mass is 10.1. The number of nitro groups is 1. The number of hydrogen-bond acceptors (Lipinski definition) is 5. The van der Waals surface area contributed by atoms with E-state index in [1.807, 2.05) is 0 Å². The highest BCUT2D eigenvalue weighted by atomic mass is 79.9. The summed E-state index contributed by atoms with van der Waals surface area (Å²) < 4.78 is 6.75. The van der Waals surface area contributed by atoms with Gasteiger partial charge in [0.05, 0.1) is 13.9 Å². The number of ether oxygens (including phenoxy) is 1. The van der Waals surface area contributed by atoms with E-state index >= 15 is 0 Å². The Morgan fingerprint density at radius 2 is 1.92 bits per heavy atom. The Labute approximate surface area is 170 Å². The number of aliphatic carboxylic acids is 1. The number of aliphatic hydroxyl groups is 1. The van der Waals surface area contributed by atoms with Gasteiger partial charge in [0.15, 0.2) is 6.10 Å². The number of halogens is 3. The second-order valence-electron chi connectivity index (χ2n) is 5.24. The highest BCUT2D eigenvalue weighted by molar-refractivity contribution is 9.11. The number of aliphatic hydroxyl groups excluding tert-OH is 1. The van der Waals surface area contributed by atoms with Gasteiger partial charge < -0.3 is 14.9 Å². The minimum atomic E-state index is -1.51. The molecule has 1 atom stereocenters. The average Bonchev–Trinajstić information content (AvgIpc) is 2.55. The number of benzene rings is 2. The SMILES string of the molecule is O=C(O)C(O)Cc1cc(Br)c(OCc2cccc([N+](=O)[O-])c2Cl)c(Br)c1. The standard InChI is InChI=1S/C16H12Br2ClNO6/c17-10-4-8(6-13(21)16(22)23)5-11(18)15(10)26-7-9-2-1-3-12(14(9)19)20(24)25/h1-5,13,21H,6-7H2,(H,22,23). The summed E-state index contributed by atoms with van der Waals surface area (Å²) in [5.41, 5.74) is 0.827. The number of carboxylic acid groups (broad SMARTS) is 1. The molecule has 0 aromatic heterocycles. The topological polar surface area (TPSA) is 110 Å². The zero-order valence-electron chi connectivity index (χ0n) is 13.0. The third-order valence-corrected chi connectivity index (χ3v) is 5.01. The van der Waals surface area contributed by atoms with Gasteiger partial charge in [-0.25, -0.2) is 4.79 Å². The fraction of sp³-hybridized carbons (Fsp3) is 0.188. The summed E-state index contributed by atoms with van der Waals surface area (Å²) in [6, 6.07) is 7.70. The summed E-state index contributed by atoms with van der Waals surface area (Å²) in [4.78, 5) is 21.1. The largest absolute Gasteiger partial charge is 0.486 e. The molecule has 0 bridgehead atoms. The Balaban J connectivity index is 2.19. The number of carboxylic acids is 1. The van der Waals surface area contributed by atoms with Gasteiger partial charge in [-0.3, -0.25) is 10.1 Å². The maximum atomic E-state index is 10.9. The maximum Gasteiger partial charge on any atom is 0.332 e. The van der Waals surface area contributed by atoms with E-state index in [9.17, 15) is 20.0 Å². The Morgan fingerprint density at radius 1 is 1.31 bits per heavy atom. The highest BCUT2D eigenvalue weighted by Crippen LogP contribution is 2.36. The van der Waals surface area contributed by atoms with Gasteiger partial charge in [0.25, 0.3) is 5.69 Å². The first-order valence-corrected chi connectivity index (χ1v) is 9.10. The number of hydrogen-bond donors (Lipinski definition) is 2. The summed E-state index contributed by atoms with van der Waals surface area (Å²) in [6.45, 7) is -0.00515. The lowest BCUT2D eigenvalue weighted by molar-refractivity contribution is -0.384. The molecule has 2 rings (SSSR count). The van der Waals surface area contributed by atoms with E-state index in [0.717, 1.165) is 0 Å². The van der Waals surface area contributed by atoms with Crippen LogP contribution in [-0.4, -0.2) is 27.2 Å². The molecular formula is C16H12Br2ClNO6. The summed E-state index contributed by atoms with van der Waals surface area (Å²) in [7, 11) is 0. The van der Waals surface area contributed by atoms with Crippen LogP contribution in [-0.2, 0) is 17.8 Å². The van der Waals surface area contributed by atoms with Crippen molar-refractivity contribution in [3.8, 4) is 5.75 Å². The van der Waals surface area contributed by atoms with Crippen molar-refractivity contribution in [1.82, 2.24) is 0 Å². The minimum Gasteiger partial charge on any atom is -0.486 e. The van der Waals surface area contributed by atoms with Crippen LogP contribution in [0.2, 0.25) is 5.02 Å². The van der Waals surface area contributed by atoms with E-state index in [0.29, 0.717) is 25.8 Å². The summed E-state index contributed by atoms with van der Waals surface area (Å²) >= 11 is 12.7. The second-order valence-corrected chi connectivity index (χ2v) is 7.33. The van der Waals surface area contributed by atoms with Gasteiger partial charge in [0.1, 0.15) is 17.4 Å². The van der Waals surface area contributed by atoms with Gasteiger partial charge in [0.2, 0.25) is 0 Å². The molecule has 2 aromatic carbocycles. The summed E-state index contributed by atoms with van der Waals surface area (Å²) in [6.07, 6.45) is -1.58. The van der Waals surface area contributed by atoms with E-state index in [4.69, 9.17) is 21.4 Å². The second kappa shape index (κ2) is 8.81. The number of nitro benzene ring substituents is 1. The van der Waals surface area contributed by atoms with Crippen LogP contribution in [0.3, 0.4) is 0 Å². The lowest BCUT2D eigenvalue weighted by Crippen LogP contribution is -2.22. The third-order valence-electron chi connectivity index (χ3n) is 3.40. The van der Waals surface area contributed by atoms with Crippen molar-refractivity contribution >= 4 is 55.1 Å². The molecule has 0 saturated heterocycles. The fourth-order valence-corrected chi connectivity index (χ4v) is 3.91. The van der Waals surface area contributed by atoms with Gasteiger partial charge in [-0.15, -0.1) is 0 Å². The van der Waals surface area contributed by atoms with Crippen molar-refractivity contribution < 1.29 is 24.7 Å². The van der Waals surface area contributed by atoms with Crippen LogP contribution in [0.15, 0.2) is 39.3 Å². The molecule has 0 aliphatic heterocycles. The van der Waals surface area contributed by atoms with Crippen molar-refractivity contribution in [2.75, 3.05) is 0 Å². The average molecular weight is 510 g/mol. The molecule has 26 heavy (non-hydrogen) atoms. The van der Waals surface area contributed by atoms with Crippen molar-refractivity contribution in [3.63, 3.8) is 0 Å². The molecule has 2 aromatic rings. The zero-order valence-corrected chi connectivity index (χ0v) is 16.9. The first kappa shape index (κ1) is 20.6. The summed E-state index contributed by atoms with van der Waals surface area (Å²) in [5, 5.41) is 29.2. The number of carbonyl (C=O) groups is 1. The zero-order chi connectivity index (χ0) is 19.4. The molecular weight excluding hydrogens is 497 g/mol. The van der Waals surface area contributed by atoms with Gasteiger partial charge >= 0.3 is 5.97 Å². The number of nitrogens with zero attached hydrogens (tertiary/aromatic N) is 1. The predicted octanol–water partition coefficient (Wildman–Crippen LogP) is 4.34. The van der Waals surface area contributed by atoms with E-state index in [1.165, 1.54) is 12.1 Å². The highest BCUT2D eigenvalue weighted by Gasteiger charge is 2.18. The lowest BCUT2D eigenvalue weighted by Gasteiger charge is -2.14. The molecule has 0 amide bonds. The van der Waals surface area contributed by atoms with Gasteiger partial charge in [-0.05, 0) is 49.6 Å². The third kappa shape index (κ3) is 4.94. The molecule has 0 saturated carbocycles. The van der Waals surface area contributed by atoms with E-state index in [-0.39, 0.29) is 23.7 Å². The monoisotopic (exact) mass is 507 g/mol. The molecule has 1 unspecified atom stereocenters. The molecule has 0 aliphatic rings. The fourth-order valence-electron chi connectivity index (χ4n) is 2.15. The molecule has 0 heterocycles. The maximum absolute atomic E-state index is 10.9. The molecule has 0 fully saturated rings. The van der Waals surface area contributed by atoms with Crippen molar-refractivity contribution in [1.29, 1.82) is 0 Å². The molecule has 10 heteroatoms. The first-order chi connectivity index (χ1) is 12.2. The molecule has 0 aliphatic carbocycles. The van der Waals surface area contributed by atoms with Gasteiger partial charge in [-0.1, -0.05) is 23.7 Å². The Bertz CT molecular complexity index is 838. The predicted molar refractivity (Wildman–Crippen MR) is 102 cm³/mol. The Morgan fingerprint density at radius 3 is 2.46 bits per heavy atom. The smallest absolute Gasteiger partial charge is 0.332 e. The van der Waals surface area contributed by atoms with Crippen LogP contribution < -0.4 is 4.74 Å². The van der Waals surface area contributed by atoms with E-state index in [1.54, 1.807) is 18.2 Å². The number of rotatable bonds is 7. The van der Waals surface area contributed by atoms with Crippen molar-refractivity contribution in [2.24, 2.45) is 0 Å². The van der Waals surface area contributed by atoms with Crippen molar-refractivity contribution in [2.45, 2.75) is 19.1 Å². The van der Waals surface area contributed by atoms with E-state index in [2.05, 4.69) is 31.9 Å². The molecule has 2 N–H and O–H groups in total. The Hall–Kier alpha value is -1.68. The molecule has 0 spiro atoms. The minimum absolute atomic E-state index is 0.00515. The molecule has 7 nitrogen and oxygen atoms in total. The van der Waals surface area contributed by atoms with Crippen LogP contribution in [0.25, 0.3) is 0 Å². The van der Waals surface area contributed by atoms with Crippen LogP contribution in [0.5, 0.6) is 5.75 Å².